The van der Waals surface area contributed by atoms with E-state index in [1.165, 1.54) is 10.5 Å². The van der Waals surface area contributed by atoms with Crippen molar-refractivity contribution in [3.8, 4) is 11.4 Å². The lowest BCUT2D eigenvalue weighted by Gasteiger charge is -2.11. The van der Waals surface area contributed by atoms with E-state index < -0.39 is 0 Å². The summed E-state index contributed by atoms with van der Waals surface area (Å²) in [6, 6.07) is 7.65. The van der Waals surface area contributed by atoms with Gasteiger partial charge in [0.15, 0.2) is 0 Å². The van der Waals surface area contributed by atoms with Crippen LogP contribution in [0, 0.1) is 6.92 Å². The molecule has 0 spiro atoms. The normalized spacial score (nSPS) is 14.3. The van der Waals surface area contributed by atoms with Crippen LogP contribution in [0.25, 0.3) is 11.4 Å². The first-order valence-electron chi connectivity index (χ1n) is 7.69. The number of nitrogens with zero attached hydrogens (tertiary/aromatic N) is 3. The number of aryl methyl sites for hydroxylation is 1. The highest BCUT2D eigenvalue weighted by Crippen LogP contribution is 2.19. The molecule has 1 aromatic carbocycles. The Hall–Kier alpha value is -2.35. The second kappa shape index (κ2) is 7.48. The number of rotatable bonds is 7. The molecule has 0 aliphatic carbocycles. The van der Waals surface area contributed by atoms with Gasteiger partial charge in [-0.15, -0.1) is 0 Å². The highest BCUT2D eigenvalue weighted by atomic mass is 32.2. The molecule has 7 nitrogen and oxygen atoms in total. The van der Waals surface area contributed by atoms with Crippen LogP contribution >= 0.6 is 11.8 Å². The minimum Gasteiger partial charge on any atom is -0.338 e. The molecule has 2 heterocycles. The quantitative estimate of drug-likeness (QED) is 0.611. The van der Waals surface area contributed by atoms with Crippen LogP contribution in [0.2, 0.25) is 0 Å². The number of hydrogen-bond donors (Lipinski definition) is 1. The Morgan fingerprint density at radius 2 is 2.08 bits per heavy atom. The number of carbonyl (C=O) groups is 2. The van der Waals surface area contributed by atoms with Gasteiger partial charge in [-0.1, -0.05) is 35.0 Å². The number of amides is 3. The molecule has 1 saturated heterocycles. The van der Waals surface area contributed by atoms with Gasteiger partial charge in [-0.05, 0) is 19.1 Å². The van der Waals surface area contributed by atoms with Crippen LogP contribution in [0.4, 0.5) is 4.79 Å². The summed E-state index contributed by atoms with van der Waals surface area (Å²) in [4.78, 5) is 28.4. The lowest BCUT2D eigenvalue weighted by Crippen LogP contribution is -2.32. The minimum absolute atomic E-state index is 0.107. The Bertz CT molecular complexity index is 713. The predicted molar refractivity (Wildman–Crippen MR) is 90.4 cm³/mol. The lowest BCUT2D eigenvalue weighted by molar-refractivity contribution is -0.124. The molecule has 2 aromatic rings. The Morgan fingerprint density at radius 3 is 2.79 bits per heavy atom. The summed E-state index contributed by atoms with van der Waals surface area (Å²) in [5, 5.41) is 6.50. The topological polar surface area (TPSA) is 88.3 Å². The third-order valence-electron chi connectivity index (χ3n) is 3.61. The van der Waals surface area contributed by atoms with Crippen molar-refractivity contribution in [1.29, 1.82) is 0 Å². The molecule has 1 aliphatic heterocycles. The van der Waals surface area contributed by atoms with Crippen LogP contribution in [-0.4, -0.2) is 45.8 Å². The number of aromatic nitrogens is 2. The lowest BCUT2D eigenvalue weighted by atomic mass is 10.1. The van der Waals surface area contributed by atoms with E-state index in [4.69, 9.17) is 4.52 Å². The highest BCUT2D eigenvalue weighted by Gasteiger charge is 2.27. The molecule has 24 heavy (non-hydrogen) atoms. The van der Waals surface area contributed by atoms with Gasteiger partial charge < -0.3 is 9.84 Å². The minimum atomic E-state index is -0.301. The van der Waals surface area contributed by atoms with Crippen LogP contribution in [0.15, 0.2) is 28.8 Å². The maximum Gasteiger partial charge on any atom is 0.324 e. The molecule has 3 rings (SSSR count). The van der Waals surface area contributed by atoms with Crippen LogP contribution in [-0.2, 0) is 10.5 Å². The van der Waals surface area contributed by atoms with Gasteiger partial charge in [0.25, 0.3) is 0 Å². The molecule has 0 radical (unpaired) electrons. The standard InChI is InChI=1S/C16H18N4O3S/c1-11-3-5-12(6-4-11)15-18-13(23-19-15)10-24-8-2-7-20-14(21)9-17-16(20)22/h3-6H,2,7-10H2,1H3,(H,17,22). The van der Waals surface area contributed by atoms with E-state index in [1.807, 2.05) is 31.2 Å². The number of nitrogens with one attached hydrogen (secondary N) is 1. The average Bonchev–Trinajstić information content (AvgIpc) is 3.16. The van der Waals surface area contributed by atoms with Crippen molar-refractivity contribution in [3.63, 3.8) is 0 Å². The molecule has 8 heteroatoms. The summed E-state index contributed by atoms with van der Waals surface area (Å²) in [5.74, 6) is 2.42. The molecule has 1 aliphatic rings. The van der Waals surface area contributed by atoms with Crippen molar-refractivity contribution in [2.75, 3.05) is 18.8 Å². The molecule has 1 fully saturated rings. The second-order valence-corrected chi connectivity index (χ2v) is 6.59. The van der Waals surface area contributed by atoms with Gasteiger partial charge in [0.2, 0.25) is 17.6 Å². The van der Waals surface area contributed by atoms with Crippen molar-refractivity contribution in [2.24, 2.45) is 0 Å². The summed E-state index contributed by atoms with van der Waals surface area (Å²) < 4.78 is 5.25. The first-order chi connectivity index (χ1) is 11.6. The molecular weight excluding hydrogens is 328 g/mol. The van der Waals surface area contributed by atoms with Gasteiger partial charge in [-0.3, -0.25) is 9.69 Å². The number of thioether (sulfide) groups is 1. The van der Waals surface area contributed by atoms with E-state index in [0.717, 1.165) is 17.7 Å². The maximum absolute atomic E-state index is 11.4. The highest BCUT2D eigenvalue weighted by molar-refractivity contribution is 7.98. The van der Waals surface area contributed by atoms with Crippen molar-refractivity contribution in [2.45, 2.75) is 19.1 Å². The number of urea groups is 1. The average molecular weight is 346 g/mol. The second-order valence-electron chi connectivity index (χ2n) is 5.49. The Morgan fingerprint density at radius 1 is 1.29 bits per heavy atom. The molecule has 1 aromatic heterocycles. The Labute approximate surface area is 143 Å². The van der Waals surface area contributed by atoms with Gasteiger partial charge in [0, 0.05) is 12.1 Å². The van der Waals surface area contributed by atoms with E-state index in [-0.39, 0.29) is 18.5 Å². The van der Waals surface area contributed by atoms with Gasteiger partial charge in [0.05, 0.1) is 12.3 Å². The third-order valence-corrected chi connectivity index (χ3v) is 4.64. The van der Waals surface area contributed by atoms with Crippen molar-refractivity contribution in [3.05, 3.63) is 35.7 Å². The number of imide groups is 1. The molecule has 0 atom stereocenters. The van der Waals surface area contributed by atoms with E-state index >= 15 is 0 Å². The number of carbonyl (C=O) groups excluding carboxylic acids is 2. The fourth-order valence-electron chi connectivity index (χ4n) is 2.30. The van der Waals surface area contributed by atoms with Gasteiger partial charge in [-0.2, -0.15) is 16.7 Å². The molecular formula is C16H18N4O3S. The van der Waals surface area contributed by atoms with Gasteiger partial charge in [-0.25, -0.2) is 4.79 Å². The van der Waals surface area contributed by atoms with Crippen LogP contribution in [0.1, 0.15) is 17.9 Å². The first kappa shape index (κ1) is 16.5. The molecule has 1 N–H and O–H groups in total. The summed E-state index contributed by atoms with van der Waals surface area (Å²) in [5.41, 5.74) is 2.11. The largest absolute Gasteiger partial charge is 0.338 e. The van der Waals surface area contributed by atoms with Crippen LogP contribution in [0.3, 0.4) is 0 Å². The predicted octanol–water partition coefficient (Wildman–Crippen LogP) is 2.22. The number of benzene rings is 1. The van der Waals surface area contributed by atoms with E-state index in [1.54, 1.807) is 11.8 Å². The molecule has 0 saturated carbocycles. The zero-order chi connectivity index (χ0) is 16.9. The van der Waals surface area contributed by atoms with Gasteiger partial charge in [0.1, 0.15) is 0 Å². The molecule has 3 amide bonds. The molecule has 0 bridgehead atoms. The zero-order valence-corrected chi connectivity index (χ0v) is 14.1. The SMILES string of the molecule is Cc1ccc(-c2noc(CSCCCN3C(=O)CNC3=O)n2)cc1. The van der Waals surface area contributed by atoms with Crippen LogP contribution < -0.4 is 5.32 Å². The molecule has 0 unspecified atom stereocenters. The van der Waals surface area contributed by atoms with E-state index in [0.29, 0.717) is 24.0 Å². The van der Waals surface area contributed by atoms with E-state index in [2.05, 4.69) is 15.5 Å². The van der Waals surface area contributed by atoms with Crippen molar-refractivity contribution < 1.29 is 14.1 Å². The fourth-order valence-corrected chi connectivity index (χ4v) is 3.07. The smallest absolute Gasteiger partial charge is 0.324 e. The summed E-state index contributed by atoms with van der Waals surface area (Å²) in [6.07, 6.45) is 0.739. The molecule has 126 valence electrons. The number of hydrogen-bond acceptors (Lipinski definition) is 6. The zero-order valence-electron chi connectivity index (χ0n) is 13.3. The Kier molecular flexibility index (Phi) is 5.14. The summed E-state index contributed by atoms with van der Waals surface area (Å²) >= 11 is 1.64. The fraction of sp³-hybridized carbons (Fsp3) is 0.375. The van der Waals surface area contributed by atoms with Gasteiger partial charge >= 0.3 is 6.03 Å². The maximum atomic E-state index is 11.4. The summed E-state index contributed by atoms with van der Waals surface area (Å²) in [6.45, 7) is 2.58. The van der Waals surface area contributed by atoms with Crippen LogP contribution in [0.5, 0.6) is 0 Å². The van der Waals surface area contributed by atoms with E-state index in [9.17, 15) is 9.59 Å². The monoisotopic (exact) mass is 346 g/mol. The van der Waals surface area contributed by atoms with Crippen molar-refractivity contribution >= 4 is 23.7 Å². The first-order valence-corrected chi connectivity index (χ1v) is 8.84. The summed E-state index contributed by atoms with van der Waals surface area (Å²) in [7, 11) is 0. The van der Waals surface area contributed by atoms with Crippen molar-refractivity contribution in [1.82, 2.24) is 20.4 Å². The third kappa shape index (κ3) is 3.94. The Balaban J connectivity index is 1.42.